The first kappa shape index (κ1) is 12.5. The molecule has 0 spiro atoms. The lowest BCUT2D eigenvalue weighted by Gasteiger charge is -2.29. The number of amidine groups is 1. The summed E-state index contributed by atoms with van der Waals surface area (Å²) in [5.41, 5.74) is 5.55. The zero-order valence-electron chi connectivity index (χ0n) is 9.87. The number of hydrogen-bond donors (Lipinski definition) is 3. The lowest BCUT2D eigenvalue weighted by atomic mass is 10.5. The molecule has 1 saturated carbocycles. The molecule has 1 fully saturated rings. The Balaban J connectivity index is 2.06. The lowest BCUT2D eigenvalue weighted by Crippen LogP contribution is -2.57. The van der Waals surface area contributed by atoms with Gasteiger partial charge >= 0.3 is 5.97 Å². The van der Waals surface area contributed by atoms with Gasteiger partial charge in [-0.1, -0.05) is 12.7 Å². The number of nitrogens with one attached hydrogen (secondary N) is 1. The molecule has 0 aromatic heterocycles. The number of hydrogen-bond acceptors (Lipinski definition) is 8. The Morgan fingerprint density at radius 1 is 1.67 bits per heavy atom. The molecule has 0 aromatic rings. The standard InChI is InChI=1S/C10H16N6O2/c1-2-5-18-8(17)7-14-9(11)15-10(16(7)12)13-6-3-4-6/h2,6,10,13H,1,3-5,12H2,(H2,11,15). The Bertz CT molecular complexity index is 415. The lowest BCUT2D eigenvalue weighted by molar-refractivity contribution is -0.135. The van der Waals surface area contributed by atoms with E-state index < -0.39 is 12.3 Å². The van der Waals surface area contributed by atoms with Crippen LogP contribution in [-0.2, 0) is 9.53 Å². The second-order valence-corrected chi connectivity index (χ2v) is 4.03. The summed E-state index contributed by atoms with van der Waals surface area (Å²) >= 11 is 0. The topological polar surface area (TPSA) is 118 Å². The van der Waals surface area contributed by atoms with Crippen LogP contribution in [0.4, 0.5) is 0 Å². The molecule has 2 aliphatic rings. The predicted octanol–water partition coefficient (Wildman–Crippen LogP) is -1.35. The molecule has 0 saturated heterocycles. The third-order valence-electron chi connectivity index (χ3n) is 2.46. The molecule has 1 heterocycles. The van der Waals surface area contributed by atoms with Crippen LogP contribution in [0.1, 0.15) is 12.8 Å². The minimum atomic E-state index is -0.655. The Labute approximate surface area is 104 Å². The van der Waals surface area contributed by atoms with E-state index in [0.29, 0.717) is 6.04 Å². The second kappa shape index (κ2) is 5.15. The van der Waals surface area contributed by atoms with E-state index >= 15 is 0 Å². The smallest absolute Gasteiger partial charge is 0.376 e. The predicted molar refractivity (Wildman–Crippen MR) is 66.2 cm³/mol. The van der Waals surface area contributed by atoms with Crippen molar-refractivity contribution in [3.63, 3.8) is 0 Å². The Morgan fingerprint density at radius 2 is 2.39 bits per heavy atom. The second-order valence-electron chi connectivity index (χ2n) is 4.03. The number of ether oxygens (including phenoxy) is 1. The number of aliphatic imine (C=N–C) groups is 2. The first-order valence-corrected chi connectivity index (χ1v) is 5.61. The molecule has 98 valence electrons. The van der Waals surface area contributed by atoms with Crippen molar-refractivity contribution < 1.29 is 9.53 Å². The van der Waals surface area contributed by atoms with E-state index in [0.717, 1.165) is 17.9 Å². The Kier molecular flexibility index (Phi) is 3.58. The third kappa shape index (κ3) is 2.84. The van der Waals surface area contributed by atoms with Gasteiger partial charge in [-0.25, -0.2) is 15.6 Å². The molecular formula is C10H16N6O2. The van der Waals surface area contributed by atoms with Crippen molar-refractivity contribution in [1.29, 1.82) is 0 Å². The highest BCUT2D eigenvalue weighted by molar-refractivity contribution is 6.37. The first-order valence-electron chi connectivity index (χ1n) is 5.61. The van der Waals surface area contributed by atoms with E-state index in [1.165, 1.54) is 6.08 Å². The van der Waals surface area contributed by atoms with Gasteiger partial charge in [0.25, 0.3) is 0 Å². The molecule has 0 radical (unpaired) electrons. The summed E-state index contributed by atoms with van der Waals surface area (Å²) in [4.78, 5) is 19.5. The van der Waals surface area contributed by atoms with Gasteiger partial charge in [-0.15, -0.1) is 0 Å². The van der Waals surface area contributed by atoms with Gasteiger partial charge < -0.3 is 10.5 Å². The summed E-state index contributed by atoms with van der Waals surface area (Å²) < 4.78 is 4.87. The van der Waals surface area contributed by atoms with Gasteiger partial charge in [0.15, 0.2) is 6.29 Å². The van der Waals surface area contributed by atoms with Gasteiger partial charge in [0.1, 0.15) is 6.61 Å². The fourth-order valence-corrected chi connectivity index (χ4v) is 1.43. The highest BCUT2D eigenvalue weighted by atomic mass is 16.5. The Morgan fingerprint density at radius 3 is 3.00 bits per heavy atom. The van der Waals surface area contributed by atoms with Crippen LogP contribution in [0.2, 0.25) is 0 Å². The summed E-state index contributed by atoms with van der Waals surface area (Å²) in [5, 5.41) is 4.26. The van der Waals surface area contributed by atoms with Gasteiger partial charge in [0.05, 0.1) is 0 Å². The average Bonchev–Trinajstić information content (AvgIpc) is 3.14. The number of carbonyl (C=O) groups excluding carboxylic acids is 1. The third-order valence-corrected chi connectivity index (χ3v) is 2.46. The monoisotopic (exact) mass is 252 g/mol. The molecule has 0 amide bonds. The van der Waals surface area contributed by atoms with Crippen LogP contribution in [0, 0.1) is 0 Å². The van der Waals surface area contributed by atoms with Crippen molar-refractivity contribution in [3.8, 4) is 0 Å². The Hall–Kier alpha value is -1.93. The number of guanidine groups is 1. The van der Waals surface area contributed by atoms with E-state index in [1.807, 2.05) is 0 Å². The average molecular weight is 252 g/mol. The maximum absolute atomic E-state index is 11.7. The van der Waals surface area contributed by atoms with Gasteiger partial charge in [-0.05, 0) is 12.8 Å². The van der Waals surface area contributed by atoms with E-state index in [1.54, 1.807) is 0 Å². The van der Waals surface area contributed by atoms with Crippen LogP contribution in [0.25, 0.3) is 0 Å². The van der Waals surface area contributed by atoms with Crippen LogP contribution in [-0.4, -0.2) is 41.7 Å². The van der Waals surface area contributed by atoms with Gasteiger partial charge in [-0.2, -0.15) is 4.99 Å². The van der Waals surface area contributed by atoms with E-state index in [4.69, 9.17) is 16.3 Å². The minimum absolute atomic E-state index is 0.000373. The number of nitrogens with two attached hydrogens (primary N) is 2. The minimum Gasteiger partial charge on any atom is -0.456 e. The molecule has 1 aliphatic heterocycles. The molecule has 1 atom stereocenters. The number of nitrogens with zero attached hydrogens (tertiary/aromatic N) is 3. The van der Waals surface area contributed by atoms with Crippen LogP contribution in [0.3, 0.4) is 0 Å². The normalized spacial score (nSPS) is 23.2. The zero-order valence-corrected chi connectivity index (χ0v) is 9.87. The van der Waals surface area contributed by atoms with Crippen LogP contribution < -0.4 is 16.9 Å². The number of rotatable bonds is 5. The number of carbonyl (C=O) groups is 1. The molecule has 5 N–H and O–H groups in total. The summed E-state index contributed by atoms with van der Waals surface area (Å²) in [6.07, 6.45) is 3.00. The van der Waals surface area contributed by atoms with Crippen molar-refractivity contribution in [3.05, 3.63) is 12.7 Å². The maximum atomic E-state index is 11.7. The fraction of sp³-hybridized carbons (Fsp3) is 0.500. The van der Waals surface area contributed by atoms with Crippen LogP contribution in [0.5, 0.6) is 0 Å². The largest absolute Gasteiger partial charge is 0.456 e. The van der Waals surface area contributed by atoms with Gasteiger partial charge in [0.2, 0.25) is 11.8 Å². The SMILES string of the molecule is C=CCOC(=O)C1=NC(N)=NC(NC2CC2)N1N. The van der Waals surface area contributed by atoms with E-state index in [2.05, 4.69) is 21.9 Å². The molecule has 0 aromatic carbocycles. The highest BCUT2D eigenvalue weighted by Gasteiger charge is 2.33. The molecular weight excluding hydrogens is 236 g/mol. The van der Waals surface area contributed by atoms with Crippen LogP contribution >= 0.6 is 0 Å². The van der Waals surface area contributed by atoms with Crippen molar-refractivity contribution in [2.24, 2.45) is 21.6 Å². The molecule has 1 unspecified atom stereocenters. The van der Waals surface area contributed by atoms with E-state index in [-0.39, 0.29) is 18.4 Å². The van der Waals surface area contributed by atoms with Crippen molar-refractivity contribution in [2.45, 2.75) is 25.2 Å². The van der Waals surface area contributed by atoms with Crippen molar-refractivity contribution >= 4 is 17.8 Å². The van der Waals surface area contributed by atoms with Gasteiger partial charge in [-0.3, -0.25) is 10.3 Å². The van der Waals surface area contributed by atoms with E-state index in [9.17, 15) is 4.79 Å². The summed E-state index contributed by atoms with van der Waals surface area (Å²) in [6.45, 7) is 3.54. The quantitative estimate of drug-likeness (QED) is 0.316. The molecule has 0 bridgehead atoms. The van der Waals surface area contributed by atoms with Crippen molar-refractivity contribution in [1.82, 2.24) is 10.3 Å². The molecule has 8 nitrogen and oxygen atoms in total. The highest BCUT2D eigenvalue weighted by Crippen LogP contribution is 2.20. The number of esters is 1. The fourth-order valence-electron chi connectivity index (χ4n) is 1.43. The summed E-state index contributed by atoms with van der Waals surface area (Å²) in [5.74, 6) is 5.06. The first-order chi connectivity index (χ1) is 8.61. The summed E-state index contributed by atoms with van der Waals surface area (Å²) in [6, 6.07) is 0.362. The van der Waals surface area contributed by atoms with Crippen molar-refractivity contribution in [2.75, 3.05) is 6.61 Å². The summed E-state index contributed by atoms with van der Waals surface area (Å²) in [7, 11) is 0. The number of hydrazine groups is 1. The van der Waals surface area contributed by atoms with Gasteiger partial charge in [0, 0.05) is 6.04 Å². The molecule has 1 aliphatic carbocycles. The maximum Gasteiger partial charge on any atom is 0.376 e. The molecule has 2 rings (SSSR count). The molecule has 18 heavy (non-hydrogen) atoms. The van der Waals surface area contributed by atoms with Crippen LogP contribution in [0.15, 0.2) is 22.6 Å². The zero-order chi connectivity index (χ0) is 13.1. The molecule has 8 heteroatoms.